The van der Waals surface area contributed by atoms with Crippen molar-refractivity contribution in [2.75, 3.05) is 18.1 Å². The molecule has 8 heteroatoms. The standard InChI is InChI=1S/C17H21N3O4S/c1-2-20(14-10-11-25(22,23)12-14)16(21)9-8-15-18-19-17(24-15)13-6-4-3-5-7-13/h3-7,14H,2,8-12H2,1H3. The van der Waals surface area contributed by atoms with E-state index in [0.717, 1.165) is 5.56 Å². The number of aromatic nitrogens is 2. The molecular formula is C17H21N3O4S. The van der Waals surface area contributed by atoms with Crippen molar-refractivity contribution in [3.8, 4) is 11.5 Å². The molecule has 0 bridgehead atoms. The van der Waals surface area contributed by atoms with E-state index in [1.54, 1.807) is 4.90 Å². The number of hydrogen-bond acceptors (Lipinski definition) is 6. The van der Waals surface area contributed by atoms with Gasteiger partial charge in [0.15, 0.2) is 9.84 Å². The van der Waals surface area contributed by atoms with Crippen LogP contribution in [-0.2, 0) is 21.1 Å². The van der Waals surface area contributed by atoms with Gasteiger partial charge in [-0.2, -0.15) is 0 Å². The van der Waals surface area contributed by atoms with Gasteiger partial charge in [-0.15, -0.1) is 10.2 Å². The molecule has 0 aliphatic carbocycles. The first-order valence-electron chi connectivity index (χ1n) is 8.36. The Morgan fingerprint density at radius 3 is 2.68 bits per heavy atom. The highest BCUT2D eigenvalue weighted by atomic mass is 32.2. The third kappa shape index (κ3) is 4.25. The van der Waals surface area contributed by atoms with E-state index in [0.29, 0.717) is 31.2 Å². The predicted molar refractivity (Wildman–Crippen MR) is 92.5 cm³/mol. The summed E-state index contributed by atoms with van der Waals surface area (Å²) in [6, 6.07) is 9.21. The van der Waals surface area contributed by atoms with Gasteiger partial charge in [0.1, 0.15) is 0 Å². The molecule has 1 aromatic heterocycles. The monoisotopic (exact) mass is 363 g/mol. The first kappa shape index (κ1) is 17.6. The number of carbonyl (C=O) groups is 1. The number of hydrogen-bond donors (Lipinski definition) is 0. The van der Waals surface area contributed by atoms with Crippen LogP contribution in [-0.4, -0.2) is 53.5 Å². The number of aryl methyl sites for hydroxylation is 1. The molecule has 25 heavy (non-hydrogen) atoms. The number of nitrogens with zero attached hydrogens (tertiary/aromatic N) is 3. The highest BCUT2D eigenvalue weighted by Gasteiger charge is 2.33. The Morgan fingerprint density at radius 2 is 2.04 bits per heavy atom. The SMILES string of the molecule is CCN(C(=O)CCc1nnc(-c2ccccc2)o1)C1CCS(=O)(=O)C1. The van der Waals surface area contributed by atoms with Crippen LogP contribution in [0, 0.1) is 0 Å². The average Bonchev–Trinajstić information content (AvgIpc) is 3.21. The van der Waals surface area contributed by atoms with E-state index < -0.39 is 9.84 Å². The molecule has 0 N–H and O–H groups in total. The van der Waals surface area contributed by atoms with Crippen LogP contribution in [0.25, 0.3) is 11.5 Å². The molecule has 7 nitrogen and oxygen atoms in total. The fraction of sp³-hybridized carbons (Fsp3) is 0.471. The lowest BCUT2D eigenvalue weighted by Crippen LogP contribution is -2.41. The van der Waals surface area contributed by atoms with E-state index in [-0.39, 0.29) is 29.9 Å². The topological polar surface area (TPSA) is 93.4 Å². The summed E-state index contributed by atoms with van der Waals surface area (Å²) in [5, 5.41) is 7.99. The maximum atomic E-state index is 12.5. The molecule has 2 aromatic rings. The first-order chi connectivity index (χ1) is 12.0. The Kier molecular flexibility index (Phi) is 5.17. The zero-order valence-electron chi connectivity index (χ0n) is 14.1. The van der Waals surface area contributed by atoms with Crippen molar-refractivity contribution in [2.24, 2.45) is 0 Å². The van der Waals surface area contributed by atoms with Crippen LogP contribution in [0.3, 0.4) is 0 Å². The summed E-state index contributed by atoms with van der Waals surface area (Å²) >= 11 is 0. The van der Waals surface area contributed by atoms with Crippen molar-refractivity contribution < 1.29 is 17.6 Å². The zero-order valence-corrected chi connectivity index (χ0v) is 14.9. The smallest absolute Gasteiger partial charge is 0.247 e. The van der Waals surface area contributed by atoms with Crippen LogP contribution >= 0.6 is 0 Å². The fourth-order valence-electron chi connectivity index (χ4n) is 3.07. The molecule has 1 fully saturated rings. The molecule has 3 rings (SSSR count). The Morgan fingerprint density at radius 1 is 1.28 bits per heavy atom. The van der Waals surface area contributed by atoms with Crippen molar-refractivity contribution in [1.29, 1.82) is 0 Å². The van der Waals surface area contributed by atoms with Gasteiger partial charge in [-0.25, -0.2) is 8.42 Å². The van der Waals surface area contributed by atoms with E-state index in [1.807, 2.05) is 37.3 Å². The Bertz CT molecular complexity index is 833. The van der Waals surface area contributed by atoms with Gasteiger partial charge in [0, 0.05) is 31.0 Å². The van der Waals surface area contributed by atoms with Crippen LogP contribution in [0.15, 0.2) is 34.7 Å². The molecule has 1 atom stereocenters. The van der Waals surface area contributed by atoms with Crippen molar-refractivity contribution in [3.63, 3.8) is 0 Å². The number of sulfone groups is 1. The predicted octanol–water partition coefficient (Wildman–Crippen LogP) is 1.70. The molecule has 1 aromatic carbocycles. The second-order valence-corrected chi connectivity index (χ2v) is 8.33. The maximum Gasteiger partial charge on any atom is 0.247 e. The third-order valence-corrected chi connectivity index (χ3v) is 6.10. The molecule has 1 amide bonds. The van der Waals surface area contributed by atoms with Crippen molar-refractivity contribution >= 4 is 15.7 Å². The maximum absolute atomic E-state index is 12.5. The van der Waals surface area contributed by atoms with Gasteiger partial charge >= 0.3 is 0 Å². The molecule has 1 aliphatic heterocycles. The minimum Gasteiger partial charge on any atom is -0.421 e. The van der Waals surface area contributed by atoms with Crippen molar-refractivity contribution in [2.45, 2.75) is 32.2 Å². The number of carbonyl (C=O) groups excluding carboxylic acids is 1. The average molecular weight is 363 g/mol. The minimum absolute atomic E-state index is 0.0608. The van der Waals surface area contributed by atoms with Gasteiger partial charge in [0.2, 0.25) is 17.7 Å². The van der Waals surface area contributed by atoms with Crippen molar-refractivity contribution in [3.05, 3.63) is 36.2 Å². The molecule has 134 valence electrons. The highest BCUT2D eigenvalue weighted by Crippen LogP contribution is 2.20. The van der Waals surface area contributed by atoms with Crippen LogP contribution in [0.5, 0.6) is 0 Å². The van der Waals surface area contributed by atoms with Crippen molar-refractivity contribution in [1.82, 2.24) is 15.1 Å². The second kappa shape index (κ2) is 7.35. The second-order valence-electron chi connectivity index (χ2n) is 6.10. The van der Waals surface area contributed by atoms with Gasteiger partial charge in [-0.1, -0.05) is 18.2 Å². The van der Waals surface area contributed by atoms with Gasteiger partial charge in [-0.3, -0.25) is 4.79 Å². The molecular weight excluding hydrogens is 342 g/mol. The van der Waals surface area contributed by atoms with E-state index >= 15 is 0 Å². The fourth-order valence-corrected chi connectivity index (χ4v) is 4.80. The number of benzene rings is 1. The van der Waals surface area contributed by atoms with E-state index in [1.165, 1.54) is 0 Å². The summed E-state index contributed by atoms with van der Waals surface area (Å²) in [5.41, 5.74) is 0.832. The van der Waals surface area contributed by atoms with Crippen LogP contribution in [0.4, 0.5) is 0 Å². The van der Waals surface area contributed by atoms with E-state index in [9.17, 15) is 13.2 Å². The number of rotatable bonds is 6. The molecule has 1 aliphatic rings. The highest BCUT2D eigenvalue weighted by molar-refractivity contribution is 7.91. The van der Waals surface area contributed by atoms with Gasteiger partial charge < -0.3 is 9.32 Å². The Hall–Kier alpha value is -2.22. The molecule has 0 spiro atoms. The molecule has 0 radical (unpaired) electrons. The third-order valence-electron chi connectivity index (χ3n) is 4.35. The molecule has 2 heterocycles. The van der Waals surface area contributed by atoms with Crippen LogP contribution in [0.1, 0.15) is 25.7 Å². The van der Waals surface area contributed by atoms with Gasteiger partial charge in [0.25, 0.3) is 0 Å². The van der Waals surface area contributed by atoms with E-state index in [4.69, 9.17) is 4.42 Å². The summed E-state index contributed by atoms with van der Waals surface area (Å²) < 4.78 is 28.9. The number of amides is 1. The zero-order chi connectivity index (χ0) is 17.9. The summed E-state index contributed by atoms with van der Waals surface area (Å²) in [5.74, 6) is 0.972. The van der Waals surface area contributed by atoms with Gasteiger partial charge in [0.05, 0.1) is 11.5 Å². The Labute approximate surface area is 147 Å². The molecule has 1 saturated heterocycles. The lowest BCUT2D eigenvalue weighted by atomic mass is 10.2. The summed E-state index contributed by atoms with van der Waals surface area (Å²) in [7, 11) is -3.01. The van der Waals surface area contributed by atoms with Crippen LogP contribution in [0.2, 0.25) is 0 Å². The largest absolute Gasteiger partial charge is 0.421 e. The van der Waals surface area contributed by atoms with E-state index in [2.05, 4.69) is 10.2 Å². The quantitative estimate of drug-likeness (QED) is 0.775. The Balaban J connectivity index is 1.59. The lowest BCUT2D eigenvalue weighted by Gasteiger charge is -2.26. The minimum atomic E-state index is -3.01. The first-order valence-corrected chi connectivity index (χ1v) is 10.2. The summed E-state index contributed by atoms with van der Waals surface area (Å²) in [6.07, 6.45) is 1.08. The normalized spacial score (nSPS) is 19.0. The molecule has 0 saturated carbocycles. The molecule has 1 unspecified atom stereocenters. The van der Waals surface area contributed by atoms with Gasteiger partial charge in [-0.05, 0) is 25.5 Å². The summed E-state index contributed by atoms with van der Waals surface area (Å²) in [6.45, 7) is 2.36. The van der Waals surface area contributed by atoms with Crippen LogP contribution < -0.4 is 0 Å². The summed E-state index contributed by atoms with van der Waals surface area (Å²) in [4.78, 5) is 14.1. The lowest BCUT2D eigenvalue weighted by molar-refractivity contribution is -0.132.